The number of hydrogen-bond donors (Lipinski definition) is 1. The van der Waals surface area contributed by atoms with Gasteiger partial charge in [0, 0.05) is 17.8 Å². The second kappa shape index (κ2) is 4.69. The Hall–Kier alpha value is -2.30. The average Bonchev–Trinajstić information content (AvgIpc) is 2.34. The molecule has 0 aliphatic heterocycles. The molecule has 0 saturated carbocycles. The molecule has 2 N–H and O–H groups in total. The number of rotatable bonds is 3. The highest BCUT2D eigenvalue weighted by Crippen LogP contribution is 2.33. The molecular formula is C12H13N3O2. The number of nitrogen functional groups attached to an aromatic ring is 1. The third-order valence-corrected chi connectivity index (χ3v) is 2.26. The van der Waals surface area contributed by atoms with Crippen molar-refractivity contribution in [2.24, 2.45) is 0 Å². The normalized spacial score (nSPS) is 10.0. The number of methoxy groups -OCH3 is 1. The molecule has 0 saturated heterocycles. The van der Waals surface area contributed by atoms with E-state index in [2.05, 4.69) is 10.2 Å². The van der Waals surface area contributed by atoms with E-state index in [1.807, 2.05) is 6.92 Å². The van der Waals surface area contributed by atoms with Gasteiger partial charge in [0.2, 0.25) is 0 Å². The largest absolute Gasteiger partial charge is 0.493 e. The van der Waals surface area contributed by atoms with E-state index in [1.54, 1.807) is 37.6 Å². The summed E-state index contributed by atoms with van der Waals surface area (Å²) < 4.78 is 10.9. The first kappa shape index (κ1) is 11.2. The predicted molar refractivity (Wildman–Crippen MR) is 64.2 cm³/mol. The Morgan fingerprint density at radius 3 is 2.65 bits per heavy atom. The van der Waals surface area contributed by atoms with Crippen LogP contribution in [0.5, 0.6) is 17.2 Å². The Morgan fingerprint density at radius 1 is 1.12 bits per heavy atom. The molecule has 0 amide bonds. The van der Waals surface area contributed by atoms with Gasteiger partial charge in [0.1, 0.15) is 5.69 Å². The highest BCUT2D eigenvalue weighted by atomic mass is 16.5. The number of benzene rings is 1. The van der Waals surface area contributed by atoms with Crippen molar-refractivity contribution in [3.63, 3.8) is 0 Å². The van der Waals surface area contributed by atoms with E-state index in [1.165, 1.54) is 0 Å². The summed E-state index contributed by atoms with van der Waals surface area (Å²) in [5.41, 5.74) is 7.01. The van der Waals surface area contributed by atoms with Crippen molar-refractivity contribution in [1.82, 2.24) is 10.2 Å². The molecule has 0 unspecified atom stereocenters. The Balaban J connectivity index is 2.33. The van der Waals surface area contributed by atoms with Gasteiger partial charge in [0.15, 0.2) is 17.2 Å². The van der Waals surface area contributed by atoms with Crippen molar-refractivity contribution in [3.05, 3.63) is 36.2 Å². The number of nitrogens with two attached hydrogens (primary N) is 1. The lowest BCUT2D eigenvalue weighted by Crippen LogP contribution is -1.95. The molecule has 0 aliphatic carbocycles. The van der Waals surface area contributed by atoms with Crippen LogP contribution in [0, 0.1) is 6.92 Å². The van der Waals surface area contributed by atoms with Crippen molar-refractivity contribution < 1.29 is 9.47 Å². The maximum Gasteiger partial charge on any atom is 0.169 e. The zero-order valence-corrected chi connectivity index (χ0v) is 9.68. The minimum absolute atomic E-state index is 0.584. The molecule has 5 heteroatoms. The average molecular weight is 231 g/mol. The van der Waals surface area contributed by atoms with Gasteiger partial charge >= 0.3 is 0 Å². The third kappa shape index (κ3) is 2.44. The SMILES string of the molecule is COc1cc(N)ccc1Oc1ccnnc1C. The molecule has 2 rings (SSSR count). The number of ether oxygens (including phenoxy) is 2. The summed E-state index contributed by atoms with van der Waals surface area (Å²) in [4.78, 5) is 0. The van der Waals surface area contributed by atoms with Crippen LogP contribution >= 0.6 is 0 Å². The molecule has 0 atom stereocenters. The first-order chi connectivity index (χ1) is 8.20. The molecule has 1 aromatic carbocycles. The van der Waals surface area contributed by atoms with Crippen LogP contribution in [0.1, 0.15) is 5.69 Å². The molecular weight excluding hydrogens is 218 g/mol. The van der Waals surface area contributed by atoms with Gasteiger partial charge in [0.05, 0.1) is 13.3 Å². The van der Waals surface area contributed by atoms with Crippen LogP contribution in [-0.2, 0) is 0 Å². The van der Waals surface area contributed by atoms with E-state index >= 15 is 0 Å². The Morgan fingerprint density at radius 2 is 1.94 bits per heavy atom. The predicted octanol–water partition coefficient (Wildman–Crippen LogP) is 2.17. The molecule has 17 heavy (non-hydrogen) atoms. The van der Waals surface area contributed by atoms with Crippen molar-refractivity contribution in [1.29, 1.82) is 0 Å². The second-order valence-electron chi connectivity index (χ2n) is 3.49. The van der Waals surface area contributed by atoms with Crippen LogP contribution in [0.4, 0.5) is 5.69 Å². The Bertz CT molecular complexity index is 529. The van der Waals surface area contributed by atoms with Crippen LogP contribution in [0.25, 0.3) is 0 Å². The summed E-state index contributed by atoms with van der Waals surface area (Å²) in [6, 6.07) is 6.97. The zero-order chi connectivity index (χ0) is 12.3. The zero-order valence-electron chi connectivity index (χ0n) is 9.68. The van der Waals surface area contributed by atoms with E-state index in [-0.39, 0.29) is 0 Å². The van der Waals surface area contributed by atoms with E-state index < -0.39 is 0 Å². The van der Waals surface area contributed by atoms with Crippen molar-refractivity contribution in [2.75, 3.05) is 12.8 Å². The lowest BCUT2D eigenvalue weighted by molar-refractivity contribution is 0.377. The number of aromatic nitrogens is 2. The van der Waals surface area contributed by atoms with E-state index in [0.29, 0.717) is 28.6 Å². The third-order valence-electron chi connectivity index (χ3n) is 2.26. The molecule has 0 radical (unpaired) electrons. The topological polar surface area (TPSA) is 70.3 Å². The molecule has 0 aliphatic rings. The van der Waals surface area contributed by atoms with Gasteiger partial charge < -0.3 is 15.2 Å². The minimum atomic E-state index is 0.584. The summed E-state index contributed by atoms with van der Waals surface area (Å²) in [7, 11) is 1.57. The summed E-state index contributed by atoms with van der Waals surface area (Å²) in [6.07, 6.45) is 1.58. The summed E-state index contributed by atoms with van der Waals surface area (Å²) in [5.74, 6) is 1.82. The molecule has 0 spiro atoms. The molecule has 1 heterocycles. The van der Waals surface area contributed by atoms with E-state index in [9.17, 15) is 0 Å². The molecule has 88 valence electrons. The quantitative estimate of drug-likeness (QED) is 0.820. The summed E-state index contributed by atoms with van der Waals surface area (Å²) in [6.45, 7) is 1.83. The van der Waals surface area contributed by atoms with Gasteiger partial charge in [-0.05, 0) is 19.1 Å². The fourth-order valence-corrected chi connectivity index (χ4v) is 1.39. The maximum atomic E-state index is 5.70. The number of anilines is 1. The molecule has 2 aromatic rings. The Labute approximate surface area is 99.2 Å². The highest BCUT2D eigenvalue weighted by molar-refractivity contribution is 5.53. The first-order valence-electron chi connectivity index (χ1n) is 5.10. The fraction of sp³-hybridized carbons (Fsp3) is 0.167. The highest BCUT2D eigenvalue weighted by Gasteiger charge is 2.08. The fourth-order valence-electron chi connectivity index (χ4n) is 1.39. The molecule has 0 bridgehead atoms. The van der Waals surface area contributed by atoms with Gasteiger partial charge in [-0.1, -0.05) is 0 Å². The van der Waals surface area contributed by atoms with E-state index in [4.69, 9.17) is 15.2 Å². The molecule has 5 nitrogen and oxygen atoms in total. The summed E-state index contributed by atoms with van der Waals surface area (Å²) in [5, 5.41) is 7.67. The lowest BCUT2D eigenvalue weighted by Gasteiger charge is -2.11. The number of nitrogens with zero attached hydrogens (tertiary/aromatic N) is 2. The van der Waals surface area contributed by atoms with Crippen LogP contribution in [0.15, 0.2) is 30.5 Å². The van der Waals surface area contributed by atoms with Crippen LogP contribution in [0.2, 0.25) is 0 Å². The van der Waals surface area contributed by atoms with Gasteiger partial charge in [-0.25, -0.2) is 0 Å². The van der Waals surface area contributed by atoms with Gasteiger partial charge in [-0.15, -0.1) is 0 Å². The van der Waals surface area contributed by atoms with Gasteiger partial charge in [0.25, 0.3) is 0 Å². The standard InChI is InChI=1S/C12H13N3O2/c1-8-10(5-6-14-15-8)17-11-4-3-9(13)7-12(11)16-2/h3-7H,13H2,1-2H3. The Kier molecular flexibility index (Phi) is 3.09. The minimum Gasteiger partial charge on any atom is -0.493 e. The van der Waals surface area contributed by atoms with E-state index in [0.717, 1.165) is 0 Å². The van der Waals surface area contributed by atoms with Crippen molar-refractivity contribution >= 4 is 5.69 Å². The van der Waals surface area contributed by atoms with Crippen LogP contribution < -0.4 is 15.2 Å². The first-order valence-corrected chi connectivity index (χ1v) is 5.10. The monoisotopic (exact) mass is 231 g/mol. The smallest absolute Gasteiger partial charge is 0.169 e. The lowest BCUT2D eigenvalue weighted by atomic mass is 10.3. The van der Waals surface area contributed by atoms with Crippen molar-refractivity contribution in [3.8, 4) is 17.2 Å². The number of hydrogen-bond acceptors (Lipinski definition) is 5. The van der Waals surface area contributed by atoms with Crippen LogP contribution in [0.3, 0.4) is 0 Å². The maximum absolute atomic E-state index is 5.70. The van der Waals surface area contributed by atoms with Crippen LogP contribution in [-0.4, -0.2) is 17.3 Å². The summed E-state index contributed by atoms with van der Waals surface area (Å²) >= 11 is 0. The molecule has 0 fully saturated rings. The van der Waals surface area contributed by atoms with Gasteiger partial charge in [-0.3, -0.25) is 0 Å². The van der Waals surface area contributed by atoms with Gasteiger partial charge in [-0.2, -0.15) is 10.2 Å². The molecule has 1 aromatic heterocycles. The van der Waals surface area contributed by atoms with Crippen molar-refractivity contribution in [2.45, 2.75) is 6.92 Å². The number of aryl methyl sites for hydroxylation is 1. The second-order valence-corrected chi connectivity index (χ2v) is 3.49.